The van der Waals surface area contributed by atoms with Crippen LogP contribution in [0.2, 0.25) is 0 Å². The molecule has 0 atom stereocenters. The fourth-order valence-corrected chi connectivity index (χ4v) is 2.14. The van der Waals surface area contributed by atoms with Gasteiger partial charge in [0.1, 0.15) is 0 Å². The van der Waals surface area contributed by atoms with Gasteiger partial charge in [0, 0.05) is 19.5 Å². The summed E-state index contributed by atoms with van der Waals surface area (Å²) in [6, 6.07) is 3.33. The molecular weight excluding hydrogens is 222 g/mol. The molecule has 0 aliphatic carbocycles. The van der Waals surface area contributed by atoms with Gasteiger partial charge in [-0.2, -0.15) is 0 Å². The van der Waals surface area contributed by atoms with Crippen molar-refractivity contribution in [3.63, 3.8) is 0 Å². The molecule has 0 aromatic carbocycles. The highest BCUT2D eigenvalue weighted by molar-refractivity contribution is 5.91. The zero-order valence-electron chi connectivity index (χ0n) is 9.46. The number of rotatable bonds is 3. The second-order valence-electron chi connectivity index (χ2n) is 4.31. The number of hydrogen-bond donors (Lipinski definition) is 1. The first-order valence-corrected chi connectivity index (χ1v) is 5.71. The topological polar surface area (TPSA) is 70.8 Å². The van der Waals surface area contributed by atoms with Crippen molar-refractivity contribution in [2.75, 3.05) is 13.1 Å². The zero-order valence-corrected chi connectivity index (χ0v) is 9.46. The molecule has 0 spiro atoms. The average molecular weight is 237 g/mol. The van der Waals surface area contributed by atoms with Gasteiger partial charge in [0.2, 0.25) is 0 Å². The van der Waals surface area contributed by atoms with Crippen molar-refractivity contribution in [3.05, 3.63) is 24.2 Å². The summed E-state index contributed by atoms with van der Waals surface area (Å²) < 4.78 is 5.05. The number of carbonyl (C=O) groups excluding carboxylic acids is 1. The Hall–Kier alpha value is -1.78. The van der Waals surface area contributed by atoms with Gasteiger partial charge >= 0.3 is 5.97 Å². The van der Waals surface area contributed by atoms with Crippen molar-refractivity contribution < 1.29 is 19.1 Å². The molecule has 1 aromatic rings. The highest BCUT2D eigenvalue weighted by atomic mass is 16.4. The number of carboxylic acids is 1. The molecule has 1 fully saturated rings. The van der Waals surface area contributed by atoms with Crippen LogP contribution in [-0.2, 0) is 4.79 Å². The third-order valence-corrected chi connectivity index (χ3v) is 3.10. The van der Waals surface area contributed by atoms with Crippen LogP contribution in [0.3, 0.4) is 0 Å². The molecule has 0 bridgehead atoms. The van der Waals surface area contributed by atoms with Crippen LogP contribution < -0.4 is 0 Å². The number of carbonyl (C=O) groups is 2. The van der Waals surface area contributed by atoms with Crippen LogP contribution in [0.5, 0.6) is 0 Å². The number of amides is 1. The Kier molecular flexibility index (Phi) is 3.46. The smallest absolute Gasteiger partial charge is 0.303 e. The minimum absolute atomic E-state index is 0.108. The van der Waals surface area contributed by atoms with E-state index in [1.165, 1.54) is 6.26 Å². The summed E-state index contributed by atoms with van der Waals surface area (Å²) in [6.45, 7) is 1.22. The Morgan fingerprint density at radius 2 is 2.12 bits per heavy atom. The third kappa shape index (κ3) is 2.87. The fourth-order valence-electron chi connectivity index (χ4n) is 2.14. The Morgan fingerprint density at radius 3 is 2.65 bits per heavy atom. The largest absolute Gasteiger partial charge is 0.481 e. The maximum absolute atomic E-state index is 11.9. The Bertz CT molecular complexity index is 391. The van der Waals surface area contributed by atoms with Gasteiger partial charge in [-0.05, 0) is 30.9 Å². The van der Waals surface area contributed by atoms with Gasteiger partial charge in [0.15, 0.2) is 5.76 Å². The number of nitrogens with zero attached hydrogens (tertiary/aromatic N) is 1. The Morgan fingerprint density at radius 1 is 1.41 bits per heavy atom. The van der Waals surface area contributed by atoms with E-state index < -0.39 is 5.97 Å². The van der Waals surface area contributed by atoms with Crippen LogP contribution in [0.15, 0.2) is 22.8 Å². The lowest BCUT2D eigenvalue weighted by molar-refractivity contribution is -0.138. The van der Waals surface area contributed by atoms with Crippen LogP contribution in [0.25, 0.3) is 0 Å². The molecule has 92 valence electrons. The number of piperidine rings is 1. The van der Waals surface area contributed by atoms with Gasteiger partial charge in [0.05, 0.1) is 6.26 Å². The Balaban J connectivity index is 1.87. The molecule has 1 aliphatic rings. The van der Waals surface area contributed by atoms with E-state index in [1.807, 2.05) is 0 Å². The quantitative estimate of drug-likeness (QED) is 0.866. The first-order valence-electron chi connectivity index (χ1n) is 5.71. The zero-order chi connectivity index (χ0) is 12.3. The number of aliphatic carboxylic acids is 1. The second-order valence-corrected chi connectivity index (χ2v) is 4.31. The van der Waals surface area contributed by atoms with Gasteiger partial charge < -0.3 is 14.4 Å². The number of hydrogen-bond acceptors (Lipinski definition) is 3. The molecule has 1 amide bonds. The predicted octanol–water partition coefficient (Wildman–Crippen LogP) is 1.61. The van der Waals surface area contributed by atoms with Gasteiger partial charge in [0.25, 0.3) is 5.91 Å². The summed E-state index contributed by atoms with van der Waals surface area (Å²) in [4.78, 5) is 24.2. The van der Waals surface area contributed by atoms with E-state index in [0.29, 0.717) is 18.8 Å². The van der Waals surface area contributed by atoms with Gasteiger partial charge in [-0.15, -0.1) is 0 Å². The van der Waals surface area contributed by atoms with Crippen molar-refractivity contribution in [2.24, 2.45) is 5.92 Å². The normalized spacial score (nSPS) is 17.1. The fraction of sp³-hybridized carbons (Fsp3) is 0.500. The van der Waals surface area contributed by atoms with E-state index >= 15 is 0 Å². The number of likely N-dealkylation sites (tertiary alicyclic amines) is 1. The van der Waals surface area contributed by atoms with E-state index in [2.05, 4.69) is 0 Å². The maximum Gasteiger partial charge on any atom is 0.303 e. The third-order valence-electron chi connectivity index (χ3n) is 3.10. The van der Waals surface area contributed by atoms with Crippen molar-refractivity contribution in [3.8, 4) is 0 Å². The SMILES string of the molecule is O=C(O)CC1CCN(C(=O)c2ccco2)CC1. The maximum atomic E-state index is 11.9. The van der Waals surface area contributed by atoms with Crippen molar-refractivity contribution >= 4 is 11.9 Å². The minimum Gasteiger partial charge on any atom is -0.481 e. The highest BCUT2D eigenvalue weighted by Crippen LogP contribution is 2.21. The molecule has 5 heteroatoms. The van der Waals surface area contributed by atoms with Gasteiger partial charge in [-0.25, -0.2) is 0 Å². The summed E-state index contributed by atoms with van der Waals surface area (Å²) in [5, 5.41) is 8.70. The molecule has 1 aliphatic heterocycles. The molecule has 5 nitrogen and oxygen atoms in total. The van der Waals surface area contributed by atoms with Crippen molar-refractivity contribution in [1.82, 2.24) is 4.90 Å². The van der Waals surface area contributed by atoms with Crippen molar-refractivity contribution in [2.45, 2.75) is 19.3 Å². The minimum atomic E-state index is -0.763. The highest BCUT2D eigenvalue weighted by Gasteiger charge is 2.25. The number of furan rings is 1. The number of carboxylic acid groups (broad SMARTS) is 1. The van der Waals surface area contributed by atoms with Gasteiger partial charge in [-0.1, -0.05) is 0 Å². The summed E-state index contributed by atoms with van der Waals surface area (Å²) in [6.07, 6.45) is 3.17. The molecule has 1 aromatic heterocycles. The lowest BCUT2D eigenvalue weighted by atomic mass is 9.93. The van der Waals surface area contributed by atoms with E-state index in [4.69, 9.17) is 9.52 Å². The lowest BCUT2D eigenvalue weighted by Gasteiger charge is -2.30. The van der Waals surface area contributed by atoms with Crippen LogP contribution in [0.1, 0.15) is 29.8 Å². The van der Waals surface area contributed by atoms with Crippen LogP contribution >= 0.6 is 0 Å². The summed E-state index contributed by atoms with van der Waals surface area (Å²) in [5.41, 5.74) is 0. The van der Waals surface area contributed by atoms with Crippen LogP contribution in [0, 0.1) is 5.92 Å². The van der Waals surface area contributed by atoms with Crippen molar-refractivity contribution in [1.29, 1.82) is 0 Å². The molecule has 0 unspecified atom stereocenters. The van der Waals surface area contributed by atoms with E-state index in [-0.39, 0.29) is 18.2 Å². The van der Waals surface area contributed by atoms with Crippen LogP contribution in [0.4, 0.5) is 0 Å². The lowest BCUT2D eigenvalue weighted by Crippen LogP contribution is -2.38. The van der Waals surface area contributed by atoms with Crippen LogP contribution in [-0.4, -0.2) is 35.0 Å². The molecule has 2 heterocycles. The average Bonchev–Trinajstić information content (AvgIpc) is 2.82. The van der Waals surface area contributed by atoms with Gasteiger partial charge in [-0.3, -0.25) is 9.59 Å². The summed E-state index contributed by atoms with van der Waals surface area (Å²) in [7, 11) is 0. The van der Waals surface area contributed by atoms with E-state index in [9.17, 15) is 9.59 Å². The molecule has 0 radical (unpaired) electrons. The Labute approximate surface area is 99.0 Å². The van der Waals surface area contributed by atoms with E-state index in [0.717, 1.165) is 12.8 Å². The first kappa shape index (κ1) is 11.7. The second kappa shape index (κ2) is 5.03. The molecule has 1 saturated heterocycles. The molecule has 0 saturated carbocycles. The summed E-state index contributed by atoms with van der Waals surface area (Å²) >= 11 is 0. The van der Waals surface area contributed by atoms with E-state index in [1.54, 1.807) is 17.0 Å². The predicted molar refractivity (Wildman–Crippen MR) is 59.6 cm³/mol. The monoisotopic (exact) mass is 237 g/mol. The standard InChI is InChI=1S/C12H15NO4/c14-11(15)8-9-3-5-13(6-4-9)12(16)10-2-1-7-17-10/h1-2,7,9H,3-6,8H2,(H,14,15). The molecule has 17 heavy (non-hydrogen) atoms. The molecule has 1 N–H and O–H groups in total. The molecule has 2 rings (SSSR count). The summed E-state index contributed by atoms with van der Waals surface area (Å²) in [5.74, 6) is -0.334. The molecular formula is C12H15NO4. The first-order chi connectivity index (χ1) is 8.16.